The molecule has 5 nitrogen and oxygen atoms in total. The molecule has 0 aliphatic heterocycles. The fraction of sp³-hybridized carbons (Fsp3) is 0.500. The molecule has 20 heavy (non-hydrogen) atoms. The number of aliphatic hydroxyl groups is 1. The molecule has 0 amide bonds. The van der Waals surface area contributed by atoms with Crippen LogP contribution in [0.15, 0.2) is 23.1 Å². The molecule has 1 atom stereocenters. The molecular weight excluding hydrogens is 322 g/mol. The highest BCUT2D eigenvalue weighted by Crippen LogP contribution is 2.27. The maximum atomic E-state index is 12.2. The van der Waals surface area contributed by atoms with E-state index in [-0.39, 0.29) is 16.5 Å². The fourth-order valence-corrected chi connectivity index (χ4v) is 3.68. The number of nitrogens with one attached hydrogen (secondary N) is 1. The normalized spacial score (nSPS) is 13.2. The van der Waals surface area contributed by atoms with Crippen LogP contribution in [0.5, 0.6) is 5.75 Å². The van der Waals surface area contributed by atoms with Gasteiger partial charge in [0.1, 0.15) is 5.75 Å². The van der Waals surface area contributed by atoms with Crippen molar-refractivity contribution in [2.75, 3.05) is 25.7 Å². The van der Waals surface area contributed by atoms with Crippen molar-refractivity contribution in [3.05, 3.63) is 23.2 Å². The second kappa shape index (κ2) is 8.09. The van der Waals surface area contributed by atoms with Crippen molar-refractivity contribution >= 4 is 33.4 Å². The summed E-state index contributed by atoms with van der Waals surface area (Å²) in [5.74, 6) is 1.17. The number of hydrogen-bond acceptors (Lipinski definition) is 5. The van der Waals surface area contributed by atoms with Gasteiger partial charge in [-0.25, -0.2) is 13.1 Å². The van der Waals surface area contributed by atoms with Crippen molar-refractivity contribution in [3.8, 4) is 5.75 Å². The summed E-state index contributed by atoms with van der Waals surface area (Å²) in [5, 5.41) is 9.44. The number of hydrogen-bond donors (Lipinski definition) is 2. The Labute approximate surface area is 128 Å². The number of methoxy groups -OCH3 is 1. The van der Waals surface area contributed by atoms with Crippen LogP contribution in [-0.2, 0) is 10.0 Å². The monoisotopic (exact) mass is 339 g/mol. The molecule has 0 radical (unpaired) electrons. The maximum absolute atomic E-state index is 12.2. The molecule has 8 heteroatoms. The lowest BCUT2D eigenvalue weighted by molar-refractivity contribution is 0.254. The van der Waals surface area contributed by atoms with E-state index in [9.17, 15) is 13.5 Å². The van der Waals surface area contributed by atoms with Crippen LogP contribution in [0.4, 0.5) is 0 Å². The molecule has 1 rings (SSSR count). The van der Waals surface area contributed by atoms with Crippen molar-refractivity contribution < 1.29 is 18.3 Å². The van der Waals surface area contributed by atoms with Gasteiger partial charge in [0.05, 0.1) is 23.6 Å². The zero-order valence-electron chi connectivity index (χ0n) is 11.3. The summed E-state index contributed by atoms with van der Waals surface area (Å²) >= 11 is 7.51. The first-order valence-electron chi connectivity index (χ1n) is 5.90. The quantitative estimate of drug-likeness (QED) is 0.754. The van der Waals surface area contributed by atoms with Gasteiger partial charge in [-0.3, -0.25) is 0 Å². The summed E-state index contributed by atoms with van der Waals surface area (Å²) in [6.07, 6.45) is 2.48. The third-order valence-electron chi connectivity index (χ3n) is 2.65. The molecule has 0 saturated heterocycles. The van der Waals surface area contributed by atoms with Gasteiger partial charge in [-0.1, -0.05) is 11.6 Å². The van der Waals surface area contributed by atoms with Crippen LogP contribution in [0.3, 0.4) is 0 Å². The Balaban J connectivity index is 2.90. The van der Waals surface area contributed by atoms with Gasteiger partial charge >= 0.3 is 0 Å². The van der Waals surface area contributed by atoms with E-state index in [2.05, 4.69) is 4.72 Å². The van der Waals surface area contributed by atoms with Crippen LogP contribution in [0.2, 0.25) is 5.02 Å². The molecule has 0 unspecified atom stereocenters. The van der Waals surface area contributed by atoms with Crippen molar-refractivity contribution in [1.82, 2.24) is 4.72 Å². The lowest BCUT2D eigenvalue weighted by atomic mass is 10.3. The predicted molar refractivity (Wildman–Crippen MR) is 82.2 cm³/mol. The van der Waals surface area contributed by atoms with Crippen molar-refractivity contribution in [1.29, 1.82) is 0 Å². The first kappa shape index (κ1) is 17.6. The number of rotatable bonds is 8. The Bertz CT molecular complexity index is 536. The summed E-state index contributed by atoms with van der Waals surface area (Å²) in [5.41, 5.74) is 0. The molecule has 0 heterocycles. The third-order valence-corrected chi connectivity index (χ3v) is 5.10. The second-order valence-corrected chi connectivity index (χ2v) is 7.19. The third kappa shape index (κ3) is 4.82. The standard InChI is InChI=1S/C12H18ClNO4S2/c1-18-12-4-3-10(7-11(12)13)20(16,17)14-9(8-15)5-6-19-2/h3-4,7,9,14-15H,5-6,8H2,1-2H3/t9-/m0/s1. The van der Waals surface area contributed by atoms with E-state index in [4.69, 9.17) is 16.3 Å². The van der Waals surface area contributed by atoms with Gasteiger partial charge in [-0.15, -0.1) is 0 Å². The van der Waals surface area contributed by atoms with E-state index in [1.54, 1.807) is 11.8 Å². The molecule has 2 N–H and O–H groups in total. The van der Waals surface area contributed by atoms with Gasteiger partial charge in [0.2, 0.25) is 10.0 Å². The molecule has 0 fully saturated rings. The minimum atomic E-state index is -3.71. The van der Waals surface area contributed by atoms with E-state index in [0.717, 1.165) is 5.75 Å². The van der Waals surface area contributed by atoms with Crippen LogP contribution >= 0.6 is 23.4 Å². The van der Waals surface area contributed by atoms with Crippen molar-refractivity contribution in [2.45, 2.75) is 17.4 Å². The highest BCUT2D eigenvalue weighted by atomic mass is 35.5. The van der Waals surface area contributed by atoms with Gasteiger partial charge in [0, 0.05) is 6.04 Å². The van der Waals surface area contributed by atoms with E-state index >= 15 is 0 Å². The summed E-state index contributed by atoms with van der Waals surface area (Å²) in [6.45, 7) is -0.246. The first-order valence-corrected chi connectivity index (χ1v) is 9.15. The Morgan fingerprint density at radius 1 is 1.50 bits per heavy atom. The van der Waals surface area contributed by atoms with E-state index in [1.165, 1.54) is 25.3 Å². The van der Waals surface area contributed by atoms with Crippen LogP contribution in [0, 0.1) is 0 Å². The molecular formula is C12H18ClNO4S2. The zero-order valence-corrected chi connectivity index (χ0v) is 13.7. The number of halogens is 1. The highest BCUT2D eigenvalue weighted by molar-refractivity contribution is 7.98. The second-order valence-electron chi connectivity index (χ2n) is 4.08. The zero-order chi connectivity index (χ0) is 15.2. The fourth-order valence-electron chi connectivity index (χ4n) is 1.55. The SMILES string of the molecule is COc1ccc(S(=O)(=O)N[C@H](CO)CCSC)cc1Cl. The highest BCUT2D eigenvalue weighted by Gasteiger charge is 2.20. The van der Waals surface area contributed by atoms with Crippen LogP contribution in [-0.4, -0.2) is 45.3 Å². The summed E-state index contributed by atoms with van der Waals surface area (Å²) in [7, 11) is -2.25. The number of aliphatic hydroxyl groups excluding tert-OH is 1. The largest absolute Gasteiger partial charge is 0.495 e. The summed E-state index contributed by atoms with van der Waals surface area (Å²) in [6, 6.07) is 3.72. The Morgan fingerprint density at radius 3 is 2.70 bits per heavy atom. The maximum Gasteiger partial charge on any atom is 0.240 e. The molecule has 114 valence electrons. The van der Waals surface area contributed by atoms with Crippen LogP contribution < -0.4 is 9.46 Å². The summed E-state index contributed by atoms with van der Waals surface area (Å²) in [4.78, 5) is 0.0471. The number of benzene rings is 1. The lowest BCUT2D eigenvalue weighted by Crippen LogP contribution is -2.37. The van der Waals surface area contributed by atoms with Gasteiger partial charge in [-0.2, -0.15) is 11.8 Å². The first-order chi connectivity index (χ1) is 9.44. The van der Waals surface area contributed by atoms with Gasteiger partial charge < -0.3 is 9.84 Å². The average molecular weight is 340 g/mol. The molecule has 0 aliphatic rings. The smallest absolute Gasteiger partial charge is 0.240 e. The molecule has 0 aromatic heterocycles. The molecule has 0 bridgehead atoms. The summed E-state index contributed by atoms with van der Waals surface area (Å²) < 4.78 is 31.8. The minimum absolute atomic E-state index is 0.0471. The van der Waals surface area contributed by atoms with E-state index in [0.29, 0.717) is 12.2 Å². The number of thioether (sulfide) groups is 1. The van der Waals surface area contributed by atoms with Gasteiger partial charge in [-0.05, 0) is 36.6 Å². The van der Waals surface area contributed by atoms with Crippen molar-refractivity contribution in [2.24, 2.45) is 0 Å². The lowest BCUT2D eigenvalue weighted by Gasteiger charge is -2.16. The Kier molecular flexibility index (Phi) is 7.11. The predicted octanol–water partition coefficient (Wildman–Crippen LogP) is 1.74. The Morgan fingerprint density at radius 2 is 2.20 bits per heavy atom. The van der Waals surface area contributed by atoms with E-state index < -0.39 is 16.1 Å². The van der Waals surface area contributed by atoms with Crippen molar-refractivity contribution in [3.63, 3.8) is 0 Å². The average Bonchev–Trinajstić information content (AvgIpc) is 2.43. The van der Waals surface area contributed by atoms with Gasteiger partial charge in [0.15, 0.2) is 0 Å². The molecule has 1 aromatic carbocycles. The van der Waals surface area contributed by atoms with Gasteiger partial charge in [0.25, 0.3) is 0 Å². The van der Waals surface area contributed by atoms with Crippen LogP contribution in [0.25, 0.3) is 0 Å². The number of sulfonamides is 1. The molecule has 1 aromatic rings. The number of ether oxygens (including phenoxy) is 1. The van der Waals surface area contributed by atoms with Crippen LogP contribution in [0.1, 0.15) is 6.42 Å². The Hall–Kier alpha value is -0.470. The topological polar surface area (TPSA) is 75.6 Å². The molecule has 0 saturated carbocycles. The minimum Gasteiger partial charge on any atom is -0.495 e. The molecule has 0 spiro atoms. The van der Waals surface area contributed by atoms with E-state index in [1.807, 2.05) is 6.26 Å². The molecule has 0 aliphatic carbocycles.